The summed E-state index contributed by atoms with van der Waals surface area (Å²) in [6.45, 7) is 0. The predicted molar refractivity (Wildman–Crippen MR) is 63.7 cm³/mol. The molecule has 0 heterocycles. The standard InChI is InChI=1S/C13H10N2O2/c1-17-13(16)12(15-14)11-8-4-6-9-5-2-3-7-10(9)11/h2-8H,1H3. The SMILES string of the molecule is COC(=O)C(=[N+]=[N-])c1cccc2ccccc12. The molecular weight excluding hydrogens is 216 g/mol. The topological polar surface area (TPSA) is 62.7 Å². The van der Waals surface area contributed by atoms with Crippen LogP contribution >= 0.6 is 0 Å². The maximum atomic E-state index is 11.5. The van der Waals surface area contributed by atoms with Crippen molar-refractivity contribution >= 4 is 22.5 Å². The van der Waals surface area contributed by atoms with E-state index in [0.717, 1.165) is 10.8 Å². The number of fused-ring (bicyclic) bond motifs is 1. The molecule has 0 radical (unpaired) electrons. The summed E-state index contributed by atoms with van der Waals surface area (Å²) >= 11 is 0. The fraction of sp³-hybridized carbons (Fsp3) is 0.0769. The Morgan fingerprint density at radius 1 is 1.18 bits per heavy atom. The Labute approximate surface area is 98.1 Å². The lowest BCUT2D eigenvalue weighted by Crippen LogP contribution is -2.18. The third-order valence-electron chi connectivity index (χ3n) is 2.52. The molecule has 0 saturated heterocycles. The number of hydrogen-bond donors (Lipinski definition) is 0. The van der Waals surface area contributed by atoms with Crippen molar-refractivity contribution in [2.75, 3.05) is 7.11 Å². The van der Waals surface area contributed by atoms with Crippen molar-refractivity contribution in [3.63, 3.8) is 0 Å². The van der Waals surface area contributed by atoms with Crippen LogP contribution in [0.1, 0.15) is 5.56 Å². The van der Waals surface area contributed by atoms with Gasteiger partial charge in [0, 0.05) is 0 Å². The van der Waals surface area contributed by atoms with Gasteiger partial charge in [0.05, 0.1) is 12.7 Å². The summed E-state index contributed by atoms with van der Waals surface area (Å²) in [5.74, 6) is -0.663. The van der Waals surface area contributed by atoms with E-state index in [4.69, 9.17) is 5.53 Å². The molecular formula is C13H10N2O2. The van der Waals surface area contributed by atoms with Gasteiger partial charge in [-0.3, -0.25) is 0 Å². The number of esters is 1. The molecule has 0 atom stereocenters. The van der Waals surface area contributed by atoms with Crippen molar-refractivity contribution in [1.29, 1.82) is 0 Å². The van der Waals surface area contributed by atoms with Gasteiger partial charge < -0.3 is 10.3 Å². The Balaban J connectivity index is 2.71. The van der Waals surface area contributed by atoms with Crippen LogP contribution in [0.15, 0.2) is 42.5 Å². The summed E-state index contributed by atoms with van der Waals surface area (Å²) in [5, 5.41) is 1.81. The van der Waals surface area contributed by atoms with E-state index in [9.17, 15) is 4.79 Å². The second kappa shape index (κ2) is 4.60. The van der Waals surface area contributed by atoms with E-state index >= 15 is 0 Å². The molecule has 4 nitrogen and oxygen atoms in total. The first-order valence-electron chi connectivity index (χ1n) is 5.06. The first kappa shape index (κ1) is 11.0. The first-order valence-corrected chi connectivity index (χ1v) is 5.06. The maximum Gasteiger partial charge on any atom is 0.422 e. The van der Waals surface area contributed by atoms with E-state index in [1.165, 1.54) is 7.11 Å². The largest absolute Gasteiger partial charge is 0.460 e. The van der Waals surface area contributed by atoms with Gasteiger partial charge in [-0.05, 0) is 16.8 Å². The van der Waals surface area contributed by atoms with Crippen LogP contribution < -0.4 is 0 Å². The molecule has 0 spiro atoms. The molecule has 0 bridgehead atoms. The van der Waals surface area contributed by atoms with Gasteiger partial charge in [0.2, 0.25) is 0 Å². The summed E-state index contributed by atoms with van der Waals surface area (Å²) in [5.41, 5.74) is 9.39. The van der Waals surface area contributed by atoms with E-state index in [2.05, 4.69) is 9.53 Å². The minimum absolute atomic E-state index is 0.0932. The second-order valence-corrected chi connectivity index (χ2v) is 3.47. The van der Waals surface area contributed by atoms with Gasteiger partial charge in [-0.15, -0.1) is 0 Å². The molecule has 2 rings (SSSR count). The Morgan fingerprint density at radius 2 is 1.88 bits per heavy atom. The molecule has 0 aliphatic carbocycles. The summed E-state index contributed by atoms with van der Waals surface area (Å²) in [7, 11) is 1.25. The molecule has 0 fully saturated rings. The lowest BCUT2D eigenvalue weighted by atomic mass is 10.0. The Hall–Kier alpha value is -2.45. The Kier molecular flexibility index (Phi) is 2.99. The van der Waals surface area contributed by atoms with Gasteiger partial charge in [0.1, 0.15) is 0 Å². The zero-order valence-corrected chi connectivity index (χ0v) is 9.25. The number of hydrogen-bond acceptors (Lipinski definition) is 2. The van der Waals surface area contributed by atoms with Crippen molar-refractivity contribution < 1.29 is 14.3 Å². The van der Waals surface area contributed by atoms with Crippen molar-refractivity contribution in [3.05, 3.63) is 53.6 Å². The smallest absolute Gasteiger partial charge is 0.422 e. The highest BCUT2D eigenvalue weighted by molar-refractivity contribution is 6.43. The van der Waals surface area contributed by atoms with Crippen LogP contribution in [0.3, 0.4) is 0 Å². The fourth-order valence-electron chi connectivity index (χ4n) is 1.73. The number of rotatable bonds is 2. The lowest BCUT2D eigenvalue weighted by Gasteiger charge is -2.01. The highest BCUT2D eigenvalue weighted by Gasteiger charge is 2.25. The van der Waals surface area contributed by atoms with Crippen molar-refractivity contribution in [1.82, 2.24) is 0 Å². The molecule has 0 amide bonds. The van der Waals surface area contributed by atoms with E-state index in [0.29, 0.717) is 5.56 Å². The fourth-order valence-corrected chi connectivity index (χ4v) is 1.73. The van der Waals surface area contributed by atoms with E-state index in [1.54, 1.807) is 12.1 Å². The number of carbonyl (C=O) groups excluding carboxylic acids is 1. The van der Waals surface area contributed by atoms with Gasteiger partial charge in [-0.1, -0.05) is 36.4 Å². The van der Waals surface area contributed by atoms with Crippen LogP contribution in [-0.4, -0.2) is 23.6 Å². The summed E-state index contributed by atoms with van der Waals surface area (Å²) in [6, 6.07) is 13.0. The molecule has 2 aromatic rings. The molecule has 0 unspecified atom stereocenters. The van der Waals surface area contributed by atoms with Gasteiger partial charge in [0.15, 0.2) is 0 Å². The van der Waals surface area contributed by atoms with Gasteiger partial charge >= 0.3 is 11.7 Å². The van der Waals surface area contributed by atoms with Crippen LogP contribution in [0, 0.1) is 0 Å². The molecule has 0 N–H and O–H groups in total. The number of ether oxygens (including phenoxy) is 1. The second-order valence-electron chi connectivity index (χ2n) is 3.47. The van der Waals surface area contributed by atoms with Crippen LogP contribution in [0.2, 0.25) is 0 Å². The zero-order chi connectivity index (χ0) is 12.3. The molecule has 4 heteroatoms. The van der Waals surface area contributed by atoms with Gasteiger partial charge in [-0.2, -0.15) is 4.79 Å². The van der Waals surface area contributed by atoms with Crippen LogP contribution in [0.4, 0.5) is 0 Å². The van der Waals surface area contributed by atoms with Crippen LogP contribution in [0.25, 0.3) is 16.3 Å². The van der Waals surface area contributed by atoms with E-state index in [-0.39, 0.29) is 5.71 Å². The van der Waals surface area contributed by atoms with E-state index in [1.807, 2.05) is 30.3 Å². The Bertz CT molecular complexity index is 623. The third-order valence-corrected chi connectivity index (χ3v) is 2.52. The number of nitrogens with zero attached hydrogens (tertiary/aromatic N) is 2. The molecule has 0 aliphatic heterocycles. The Morgan fingerprint density at radius 3 is 2.59 bits per heavy atom. The van der Waals surface area contributed by atoms with Crippen LogP contribution in [-0.2, 0) is 9.53 Å². The highest BCUT2D eigenvalue weighted by Crippen LogP contribution is 2.18. The molecule has 0 aromatic heterocycles. The quantitative estimate of drug-likeness (QED) is 0.340. The summed E-state index contributed by atoms with van der Waals surface area (Å²) in [4.78, 5) is 14.5. The van der Waals surface area contributed by atoms with Gasteiger partial charge in [-0.25, -0.2) is 4.79 Å². The number of carbonyl (C=O) groups is 1. The molecule has 0 aliphatic rings. The molecule has 84 valence electrons. The average molecular weight is 226 g/mol. The number of benzene rings is 2. The summed E-state index contributed by atoms with van der Waals surface area (Å²) < 4.78 is 4.58. The monoisotopic (exact) mass is 226 g/mol. The maximum absolute atomic E-state index is 11.5. The predicted octanol–water partition coefficient (Wildman–Crippen LogP) is 2.03. The van der Waals surface area contributed by atoms with Crippen molar-refractivity contribution in [3.8, 4) is 0 Å². The normalized spacial score (nSPS) is 9.71. The first-order chi connectivity index (χ1) is 8.27. The van der Waals surface area contributed by atoms with Crippen molar-refractivity contribution in [2.45, 2.75) is 0 Å². The average Bonchev–Trinajstić information content (AvgIpc) is 2.39. The lowest BCUT2D eigenvalue weighted by molar-refractivity contribution is -0.137. The minimum atomic E-state index is -0.663. The van der Waals surface area contributed by atoms with Gasteiger partial charge in [0.25, 0.3) is 0 Å². The minimum Gasteiger partial charge on any atom is -0.460 e. The molecule has 0 saturated carbocycles. The highest BCUT2D eigenvalue weighted by atomic mass is 16.5. The molecule has 2 aromatic carbocycles. The molecule has 17 heavy (non-hydrogen) atoms. The van der Waals surface area contributed by atoms with Crippen LogP contribution in [0.5, 0.6) is 0 Å². The third kappa shape index (κ3) is 1.94. The number of methoxy groups -OCH3 is 1. The van der Waals surface area contributed by atoms with E-state index < -0.39 is 5.97 Å². The van der Waals surface area contributed by atoms with Crippen molar-refractivity contribution in [2.24, 2.45) is 0 Å². The summed E-state index contributed by atoms with van der Waals surface area (Å²) in [6.07, 6.45) is 0. The zero-order valence-electron chi connectivity index (χ0n) is 9.25.